The van der Waals surface area contributed by atoms with Crippen LogP contribution in [-0.4, -0.2) is 81.0 Å². The number of rotatable bonds is 11. The van der Waals surface area contributed by atoms with Gasteiger partial charge in [-0.15, -0.1) is 11.3 Å². The minimum Gasteiger partial charge on any atom is -0.497 e. The molecule has 13 heteroatoms. The van der Waals surface area contributed by atoms with E-state index in [1.54, 1.807) is 18.9 Å². The number of ether oxygens (including phenoxy) is 2. The SMILES string of the molecule is COc1ccc(-c2csc(NC(=O)C(CCSC)NC(=O)c3cccc(S(=O)(=O)N4CCOCC4)c3)n2)cc1. The third-order valence-electron chi connectivity index (χ3n) is 6.06. The van der Waals surface area contributed by atoms with E-state index in [1.807, 2.05) is 35.9 Å². The first-order valence-corrected chi connectivity index (χ1v) is 15.9. The van der Waals surface area contributed by atoms with Crippen LogP contribution in [0.2, 0.25) is 0 Å². The van der Waals surface area contributed by atoms with Crippen molar-refractivity contribution in [2.45, 2.75) is 17.4 Å². The Kier molecular flexibility index (Phi) is 9.97. The van der Waals surface area contributed by atoms with E-state index in [4.69, 9.17) is 9.47 Å². The average Bonchev–Trinajstić information content (AvgIpc) is 3.44. The van der Waals surface area contributed by atoms with Gasteiger partial charge in [0.25, 0.3) is 5.91 Å². The molecule has 1 saturated heterocycles. The fourth-order valence-corrected chi connectivity index (χ4v) is 6.55. The van der Waals surface area contributed by atoms with Crippen LogP contribution >= 0.6 is 23.1 Å². The summed E-state index contributed by atoms with van der Waals surface area (Å²) in [5.41, 5.74) is 1.75. The first kappa shape index (κ1) is 29.0. The molecule has 2 amide bonds. The van der Waals surface area contributed by atoms with Crippen LogP contribution in [0.4, 0.5) is 5.13 Å². The zero-order valence-corrected chi connectivity index (χ0v) is 24.0. The van der Waals surface area contributed by atoms with E-state index < -0.39 is 27.9 Å². The number of aromatic nitrogens is 1. The van der Waals surface area contributed by atoms with Crippen LogP contribution in [0, 0.1) is 0 Å². The van der Waals surface area contributed by atoms with Gasteiger partial charge in [-0.3, -0.25) is 9.59 Å². The maximum Gasteiger partial charge on any atom is 0.251 e. The highest BCUT2D eigenvalue weighted by Gasteiger charge is 2.28. The molecule has 0 aliphatic carbocycles. The Morgan fingerprint density at radius 2 is 1.92 bits per heavy atom. The number of anilines is 1. The van der Waals surface area contributed by atoms with Gasteiger partial charge in [-0.25, -0.2) is 13.4 Å². The first-order valence-electron chi connectivity index (χ1n) is 12.2. The van der Waals surface area contributed by atoms with Crippen LogP contribution < -0.4 is 15.4 Å². The summed E-state index contributed by atoms with van der Waals surface area (Å²) in [4.78, 5) is 30.8. The normalized spacial score (nSPS) is 14.9. The van der Waals surface area contributed by atoms with Gasteiger partial charge in [0.15, 0.2) is 5.13 Å². The second-order valence-electron chi connectivity index (χ2n) is 8.61. The molecule has 1 fully saturated rings. The smallest absolute Gasteiger partial charge is 0.251 e. The van der Waals surface area contributed by atoms with Crippen LogP contribution in [0.15, 0.2) is 58.8 Å². The second-order valence-corrected chi connectivity index (χ2v) is 12.4. The lowest BCUT2D eigenvalue weighted by Crippen LogP contribution is -2.44. The number of nitrogens with zero attached hydrogens (tertiary/aromatic N) is 2. The Morgan fingerprint density at radius 1 is 1.18 bits per heavy atom. The average molecular weight is 591 g/mol. The molecule has 3 aromatic rings. The summed E-state index contributed by atoms with van der Waals surface area (Å²) in [7, 11) is -2.17. The topological polar surface area (TPSA) is 127 Å². The van der Waals surface area contributed by atoms with E-state index in [0.717, 1.165) is 11.3 Å². The molecule has 39 heavy (non-hydrogen) atoms. The lowest BCUT2D eigenvalue weighted by Gasteiger charge is -2.26. The molecule has 2 aromatic carbocycles. The van der Waals surface area contributed by atoms with E-state index >= 15 is 0 Å². The predicted octanol–water partition coefficient (Wildman–Crippen LogP) is 3.33. The number of nitrogens with one attached hydrogen (secondary N) is 2. The molecule has 10 nitrogen and oxygen atoms in total. The Hall–Kier alpha value is -2.97. The zero-order valence-electron chi connectivity index (χ0n) is 21.6. The van der Waals surface area contributed by atoms with Crippen molar-refractivity contribution in [1.29, 1.82) is 0 Å². The van der Waals surface area contributed by atoms with Crippen molar-refractivity contribution in [3.63, 3.8) is 0 Å². The molecule has 4 rings (SSSR count). The van der Waals surface area contributed by atoms with Crippen LogP contribution in [0.5, 0.6) is 5.75 Å². The summed E-state index contributed by atoms with van der Waals surface area (Å²) in [6, 6.07) is 12.5. The molecular formula is C26H30N4O6S3. The third kappa shape index (κ3) is 7.37. The number of sulfonamides is 1. The molecule has 1 atom stereocenters. The number of benzene rings is 2. The van der Waals surface area contributed by atoms with Gasteiger partial charge in [0.2, 0.25) is 15.9 Å². The van der Waals surface area contributed by atoms with Crippen LogP contribution in [0.25, 0.3) is 11.3 Å². The molecule has 2 N–H and O–H groups in total. The van der Waals surface area contributed by atoms with E-state index in [9.17, 15) is 18.0 Å². The number of morpholine rings is 1. The molecule has 2 heterocycles. The van der Waals surface area contributed by atoms with Gasteiger partial charge in [0.05, 0.1) is 30.9 Å². The monoisotopic (exact) mass is 590 g/mol. The molecule has 0 radical (unpaired) electrons. The fourth-order valence-electron chi connectivity index (χ4n) is 3.90. The van der Waals surface area contributed by atoms with E-state index in [1.165, 1.54) is 39.9 Å². The second kappa shape index (κ2) is 13.4. The molecule has 208 valence electrons. The lowest BCUT2D eigenvalue weighted by molar-refractivity contribution is -0.118. The Morgan fingerprint density at radius 3 is 2.62 bits per heavy atom. The van der Waals surface area contributed by atoms with Gasteiger partial charge in [0, 0.05) is 29.6 Å². The highest BCUT2D eigenvalue weighted by molar-refractivity contribution is 7.98. The maximum absolute atomic E-state index is 13.1. The number of carbonyl (C=O) groups is 2. The molecule has 1 aliphatic heterocycles. The quantitative estimate of drug-likeness (QED) is 0.348. The molecule has 1 aliphatic rings. The summed E-state index contributed by atoms with van der Waals surface area (Å²) >= 11 is 2.84. The van der Waals surface area contributed by atoms with Crippen molar-refractivity contribution in [2.75, 3.05) is 50.7 Å². The minimum absolute atomic E-state index is 0.0241. The van der Waals surface area contributed by atoms with E-state index in [2.05, 4.69) is 15.6 Å². The molecule has 0 spiro atoms. The van der Waals surface area contributed by atoms with Gasteiger partial charge in [0.1, 0.15) is 11.8 Å². The van der Waals surface area contributed by atoms with Gasteiger partial charge in [-0.1, -0.05) is 6.07 Å². The van der Waals surface area contributed by atoms with Crippen molar-refractivity contribution < 1.29 is 27.5 Å². The van der Waals surface area contributed by atoms with Crippen LogP contribution in [0.1, 0.15) is 16.8 Å². The first-order chi connectivity index (χ1) is 18.8. The summed E-state index contributed by atoms with van der Waals surface area (Å²) < 4.78 is 37.8. The summed E-state index contributed by atoms with van der Waals surface area (Å²) in [5.74, 6) is 0.441. The summed E-state index contributed by atoms with van der Waals surface area (Å²) in [6.45, 7) is 1.16. The number of thiazole rings is 1. The fraction of sp³-hybridized carbons (Fsp3) is 0.346. The Bertz CT molecular complexity index is 1390. The third-order valence-corrected chi connectivity index (χ3v) is 9.35. The summed E-state index contributed by atoms with van der Waals surface area (Å²) in [5, 5.41) is 7.82. The van der Waals surface area contributed by atoms with Crippen molar-refractivity contribution in [3.05, 3.63) is 59.5 Å². The van der Waals surface area contributed by atoms with Crippen molar-refractivity contribution in [3.8, 4) is 17.0 Å². The van der Waals surface area contributed by atoms with Gasteiger partial charge in [-0.05, 0) is 60.9 Å². The van der Waals surface area contributed by atoms with Crippen molar-refractivity contribution >= 4 is 50.1 Å². The number of carbonyl (C=O) groups excluding carboxylic acids is 2. The predicted molar refractivity (Wildman–Crippen MR) is 153 cm³/mol. The van der Waals surface area contributed by atoms with Gasteiger partial charge >= 0.3 is 0 Å². The molecule has 0 bridgehead atoms. The number of hydrogen-bond donors (Lipinski definition) is 2. The summed E-state index contributed by atoms with van der Waals surface area (Å²) in [6.07, 6.45) is 2.31. The Balaban J connectivity index is 1.45. The molecule has 1 unspecified atom stereocenters. The Labute approximate surface area is 236 Å². The molecule has 0 saturated carbocycles. The van der Waals surface area contributed by atoms with Crippen molar-refractivity contribution in [2.24, 2.45) is 0 Å². The number of hydrogen-bond acceptors (Lipinski definition) is 9. The van der Waals surface area contributed by atoms with Gasteiger partial charge in [-0.2, -0.15) is 16.1 Å². The van der Waals surface area contributed by atoms with E-state index in [0.29, 0.717) is 36.2 Å². The number of thioether (sulfide) groups is 1. The lowest BCUT2D eigenvalue weighted by atomic mass is 10.1. The standard InChI is InChI=1S/C26H30N4O6S3/c1-35-20-8-6-18(7-9-20)23-17-38-26(28-23)29-25(32)22(10-15-37-2)27-24(31)19-4-3-5-21(16-19)39(33,34)30-11-13-36-14-12-30/h3-9,16-17,22H,10-15H2,1-2H3,(H,27,31)(H,28,29,32). The highest BCUT2D eigenvalue weighted by Crippen LogP contribution is 2.27. The largest absolute Gasteiger partial charge is 0.497 e. The zero-order chi connectivity index (χ0) is 27.8. The number of amides is 2. The van der Waals surface area contributed by atoms with Crippen LogP contribution in [-0.2, 0) is 19.6 Å². The molecule has 1 aromatic heterocycles. The maximum atomic E-state index is 13.1. The van der Waals surface area contributed by atoms with Gasteiger partial charge < -0.3 is 20.1 Å². The van der Waals surface area contributed by atoms with E-state index in [-0.39, 0.29) is 23.5 Å². The number of methoxy groups -OCH3 is 1. The minimum atomic E-state index is -3.77. The van der Waals surface area contributed by atoms with Crippen molar-refractivity contribution in [1.82, 2.24) is 14.6 Å². The van der Waals surface area contributed by atoms with Crippen LogP contribution in [0.3, 0.4) is 0 Å². The molecular weight excluding hydrogens is 561 g/mol. The highest BCUT2D eigenvalue weighted by atomic mass is 32.2.